The Hall–Kier alpha value is -4.72. The molecule has 2 saturated carbocycles. The molecular weight excluding hydrogens is 592 g/mol. The number of benzene rings is 2. The Morgan fingerprint density at radius 2 is 1.77 bits per heavy atom. The van der Waals surface area contributed by atoms with Gasteiger partial charge in [-0.25, -0.2) is 13.2 Å². The molecule has 2 aromatic carbocycles. The minimum atomic E-state index is -4.79. The molecule has 4 N–H and O–H groups in total. The molecule has 14 heteroatoms. The summed E-state index contributed by atoms with van der Waals surface area (Å²) in [6, 6.07) is 8.32. The average Bonchev–Trinajstić information content (AvgIpc) is 3.71. The maximum Gasteiger partial charge on any atom is 0.435 e. The molecule has 8 nitrogen and oxygen atoms in total. The number of primary amides is 1. The molecule has 0 radical (unpaired) electrons. The van der Waals surface area contributed by atoms with Crippen molar-refractivity contribution in [2.24, 2.45) is 17.6 Å². The molecule has 44 heavy (non-hydrogen) atoms. The summed E-state index contributed by atoms with van der Waals surface area (Å²) in [5, 5.41) is 17.2. The number of carbonyl (C=O) groups is 2. The molecule has 2 heterocycles. The fourth-order valence-corrected chi connectivity index (χ4v) is 6.76. The SMILES string of the molecule is NC(=O)c1cc(-c2cccnc2C(Cc2cc(F)cc(F)c2)NC(=O)Cn2nc(C(F)(F)F)c3c2C2(O)C4C3C42)ccc1F. The van der Waals surface area contributed by atoms with Crippen molar-refractivity contribution in [3.05, 3.63) is 106 Å². The number of carbonyl (C=O) groups excluding carboxylic acids is 2. The number of aliphatic hydroxyl groups is 1. The minimum absolute atomic E-state index is 0.0208. The highest BCUT2D eigenvalue weighted by atomic mass is 19.4. The van der Waals surface area contributed by atoms with E-state index in [2.05, 4.69) is 15.4 Å². The van der Waals surface area contributed by atoms with Crippen LogP contribution >= 0.6 is 0 Å². The maximum atomic E-state index is 14.2. The predicted octanol–water partition coefficient (Wildman–Crippen LogP) is 4.12. The van der Waals surface area contributed by atoms with Crippen LogP contribution < -0.4 is 11.1 Å². The Balaban J connectivity index is 1.25. The number of aromatic nitrogens is 3. The number of nitrogens with one attached hydrogen (secondary N) is 1. The van der Waals surface area contributed by atoms with Crippen molar-refractivity contribution in [2.45, 2.75) is 36.7 Å². The zero-order chi connectivity index (χ0) is 31.3. The smallest absolute Gasteiger partial charge is 0.383 e. The molecule has 8 rings (SSSR count). The molecule has 2 bridgehead atoms. The van der Waals surface area contributed by atoms with Gasteiger partial charge in [-0.15, -0.1) is 0 Å². The van der Waals surface area contributed by atoms with Crippen LogP contribution in [0.1, 0.15) is 50.5 Å². The number of nitrogens with two attached hydrogens (primary N) is 1. The fourth-order valence-electron chi connectivity index (χ4n) is 6.76. The van der Waals surface area contributed by atoms with Gasteiger partial charge in [0.15, 0.2) is 5.69 Å². The molecule has 2 aromatic heterocycles. The fraction of sp³-hybridized carbons (Fsp3) is 0.267. The van der Waals surface area contributed by atoms with Crippen LogP contribution in [-0.4, -0.2) is 31.7 Å². The highest BCUT2D eigenvalue weighted by Gasteiger charge is 2.92. The Morgan fingerprint density at radius 3 is 2.43 bits per heavy atom. The number of pyridine rings is 1. The number of alkyl halides is 3. The second-order valence-electron chi connectivity index (χ2n) is 11.3. The number of hydrogen-bond acceptors (Lipinski definition) is 5. The first-order valence-electron chi connectivity index (χ1n) is 13.5. The summed E-state index contributed by atoms with van der Waals surface area (Å²) >= 11 is 0. The summed E-state index contributed by atoms with van der Waals surface area (Å²) < 4.78 is 84.6. The molecule has 4 aliphatic carbocycles. The summed E-state index contributed by atoms with van der Waals surface area (Å²) in [5.74, 6) is -5.51. The van der Waals surface area contributed by atoms with Gasteiger partial charge in [0.1, 0.15) is 29.6 Å². The van der Waals surface area contributed by atoms with Crippen molar-refractivity contribution in [3.63, 3.8) is 0 Å². The van der Waals surface area contributed by atoms with E-state index in [1.165, 1.54) is 24.4 Å². The molecule has 3 atom stereocenters. The third-order valence-corrected chi connectivity index (χ3v) is 8.60. The lowest BCUT2D eigenvalue weighted by Gasteiger charge is -2.22. The lowest BCUT2D eigenvalue weighted by molar-refractivity contribution is -0.142. The summed E-state index contributed by atoms with van der Waals surface area (Å²) in [6.07, 6.45) is -3.62. The van der Waals surface area contributed by atoms with Gasteiger partial charge in [-0.3, -0.25) is 19.3 Å². The molecule has 226 valence electrons. The van der Waals surface area contributed by atoms with E-state index in [0.717, 1.165) is 22.9 Å². The quantitative estimate of drug-likeness (QED) is 0.258. The lowest BCUT2D eigenvalue weighted by Crippen LogP contribution is -2.35. The minimum Gasteiger partial charge on any atom is -0.383 e. The van der Waals surface area contributed by atoms with Crippen LogP contribution in [0, 0.1) is 29.3 Å². The van der Waals surface area contributed by atoms with Gasteiger partial charge in [-0.1, -0.05) is 12.1 Å². The van der Waals surface area contributed by atoms with Crippen molar-refractivity contribution in [3.8, 4) is 11.1 Å². The normalized spacial score (nSPS) is 23.1. The van der Waals surface area contributed by atoms with E-state index in [1.54, 1.807) is 6.07 Å². The molecular formula is C30H21F6N5O3. The van der Waals surface area contributed by atoms with Crippen LogP contribution in [0.2, 0.25) is 0 Å². The highest BCUT2D eigenvalue weighted by Crippen LogP contribution is 2.90. The first-order valence-corrected chi connectivity index (χ1v) is 13.5. The van der Waals surface area contributed by atoms with Crippen molar-refractivity contribution in [1.29, 1.82) is 0 Å². The van der Waals surface area contributed by atoms with Crippen molar-refractivity contribution in [2.75, 3.05) is 0 Å². The van der Waals surface area contributed by atoms with Crippen LogP contribution in [0.25, 0.3) is 11.1 Å². The highest BCUT2D eigenvalue weighted by molar-refractivity contribution is 5.94. The van der Waals surface area contributed by atoms with Gasteiger partial charge in [0, 0.05) is 41.1 Å². The zero-order valence-corrected chi connectivity index (χ0v) is 22.4. The molecule has 2 fully saturated rings. The topological polar surface area (TPSA) is 123 Å². The van der Waals surface area contributed by atoms with Gasteiger partial charge in [-0.2, -0.15) is 18.3 Å². The van der Waals surface area contributed by atoms with Crippen molar-refractivity contribution >= 4 is 11.8 Å². The van der Waals surface area contributed by atoms with E-state index in [0.29, 0.717) is 11.6 Å². The van der Waals surface area contributed by atoms with Gasteiger partial charge in [0.05, 0.1) is 23.0 Å². The molecule has 4 aromatic rings. The Kier molecular flexibility index (Phi) is 5.99. The van der Waals surface area contributed by atoms with Crippen LogP contribution in [0.15, 0.2) is 54.7 Å². The molecule has 3 unspecified atom stereocenters. The molecule has 0 saturated heterocycles. The van der Waals surface area contributed by atoms with Gasteiger partial charge >= 0.3 is 6.18 Å². The van der Waals surface area contributed by atoms with E-state index >= 15 is 0 Å². The summed E-state index contributed by atoms with van der Waals surface area (Å²) in [6.45, 7) is -0.689. The standard InChI is InChI=1S/C30H21F6N5O3/c31-14-6-12(7-15(32)10-14)8-19(25-16(2-1-5-38-25)13-3-4-18(33)17(9-13)28(37)43)39-20(42)11-41-27-22(26(40-41)30(34,35)36)21-23-24(21)29(23,27)44/h1-7,9-10,19,21,23-24,44H,8,11H2,(H2,37,43)(H,39,42). The van der Waals surface area contributed by atoms with Crippen LogP contribution in [-0.2, 0) is 29.5 Å². The Bertz CT molecular complexity index is 1860. The second-order valence-corrected chi connectivity index (χ2v) is 11.3. The van der Waals surface area contributed by atoms with Gasteiger partial charge in [-0.05, 0) is 47.9 Å². The zero-order valence-electron chi connectivity index (χ0n) is 22.4. The van der Waals surface area contributed by atoms with E-state index in [4.69, 9.17) is 5.73 Å². The average molecular weight is 614 g/mol. The van der Waals surface area contributed by atoms with Gasteiger partial charge in [0.2, 0.25) is 5.91 Å². The van der Waals surface area contributed by atoms with Gasteiger partial charge < -0.3 is 16.2 Å². The third-order valence-electron chi connectivity index (χ3n) is 8.60. The number of nitrogens with zero attached hydrogens (tertiary/aromatic N) is 3. The predicted molar refractivity (Wildman–Crippen MR) is 140 cm³/mol. The van der Waals surface area contributed by atoms with Crippen LogP contribution in [0.4, 0.5) is 26.3 Å². The Labute approximate surface area is 244 Å². The lowest BCUT2D eigenvalue weighted by atomic mass is 9.94. The van der Waals surface area contributed by atoms with Crippen molar-refractivity contribution in [1.82, 2.24) is 20.1 Å². The molecule has 0 aliphatic heterocycles. The van der Waals surface area contributed by atoms with E-state index in [9.17, 15) is 41.0 Å². The first kappa shape index (κ1) is 28.1. The molecule has 4 aliphatic rings. The number of halogens is 6. The summed E-state index contributed by atoms with van der Waals surface area (Å²) in [4.78, 5) is 29.6. The summed E-state index contributed by atoms with van der Waals surface area (Å²) in [5.41, 5.74) is 3.10. The Morgan fingerprint density at radius 1 is 1.07 bits per heavy atom. The number of rotatable bonds is 8. The van der Waals surface area contributed by atoms with E-state index < -0.39 is 70.8 Å². The monoisotopic (exact) mass is 613 g/mol. The van der Waals surface area contributed by atoms with Crippen LogP contribution in [0.5, 0.6) is 0 Å². The largest absolute Gasteiger partial charge is 0.435 e. The second kappa shape index (κ2) is 9.39. The molecule has 2 amide bonds. The first-order chi connectivity index (χ1) is 20.8. The third kappa shape index (κ3) is 4.26. The van der Waals surface area contributed by atoms with E-state index in [-0.39, 0.29) is 46.3 Å². The van der Waals surface area contributed by atoms with Crippen molar-refractivity contribution < 1.29 is 41.0 Å². The van der Waals surface area contributed by atoms with E-state index in [1.807, 2.05) is 0 Å². The molecule has 0 spiro atoms. The van der Waals surface area contributed by atoms with Crippen LogP contribution in [0.3, 0.4) is 0 Å². The summed E-state index contributed by atoms with van der Waals surface area (Å²) in [7, 11) is 0. The number of hydrogen-bond donors (Lipinski definition) is 3. The maximum absolute atomic E-state index is 14.2. The number of amides is 2. The van der Waals surface area contributed by atoms with Gasteiger partial charge in [0.25, 0.3) is 5.91 Å².